The van der Waals surface area contributed by atoms with E-state index in [0.717, 1.165) is 30.7 Å². The molecule has 0 spiro atoms. The Morgan fingerprint density at radius 2 is 2.12 bits per heavy atom. The van der Waals surface area contributed by atoms with Crippen molar-refractivity contribution in [2.24, 2.45) is 17.4 Å². The molecule has 0 radical (unpaired) electrons. The number of nitrogens with zero attached hydrogens (tertiary/aromatic N) is 2. The second-order valence-corrected chi connectivity index (χ2v) is 7.22. The molecule has 1 aromatic rings. The van der Waals surface area contributed by atoms with Gasteiger partial charge in [-0.1, -0.05) is 6.92 Å². The van der Waals surface area contributed by atoms with E-state index in [4.69, 9.17) is 11.5 Å². The van der Waals surface area contributed by atoms with E-state index < -0.39 is 10.8 Å². The Hall–Kier alpha value is -1.84. The van der Waals surface area contributed by atoms with Gasteiger partial charge >= 0.3 is 0 Å². The summed E-state index contributed by atoms with van der Waals surface area (Å²) in [4.78, 5) is 36.4. The number of primary amides is 1. The normalized spacial score (nSPS) is 19.5. The highest BCUT2D eigenvalue weighted by Gasteiger charge is 2.29. The van der Waals surface area contributed by atoms with Gasteiger partial charge in [-0.3, -0.25) is 19.7 Å². The minimum Gasteiger partial charge on any atom is -0.366 e. The van der Waals surface area contributed by atoms with Crippen LogP contribution in [0.1, 0.15) is 30.1 Å². The van der Waals surface area contributed by atoms with Crippen LogP contribution in [0.5, 0.6) is 0 Å². The topological polar surface area (TPSA) is 133 Å². The van der Waals surface area contributed by atoms with E-state index >= 15 is 0 Å². The molecule has 1 heterocycles. The van der Waals surface area contributed by atoms with Crippen molar-refractivity contribution in [3.8, 4) is 0 Å². The Bertz CT molecular complexity index is 688. The number of halogens is 1. The number of nitro groups is 1. The Morgan fingerprint density at radius 1 is 1.42 bits per heavy atom. The fourth-order valence-corrected chi connectivity index (χ4v) is 3.85. The van der Waals surface area contributed by atoms with E-state index in [2.05, 4.69) is 6.92 Å². The Balaban J connectivity index is 0.00000338. The van der Waals surface area contributed by atoms with Gasteiger partial charge in [-0.2, -0.15) is 0 Å². The Labute approximate surface area is 162 Å². The Kier molecular flexibility index (Phi) is 8.32. The Morgan fingerprint density at radius 3 is 2.69 bits per heavy atom. The molecule has 8 nitrogen and oxygen atoms in total. The maximum absolute atomic E-state index is 12.5. The summed E-state index contributed by atoms with van der Waals surface area (Å²) in [5.74, 6) is -0.195. The fourth-order valence-electron chi connectivity index (χ4n) is 2.96. The summed E-state index contributed by atoms with van der Waals surface area (Å²) in [6, 6.07) is 4.03. The van der Waals surface area contributed by atoms with E-state index in [-0.39, 0.29) is 41.4 Å². The van der Waals surface area contributed by atoms with E-state index in [1.54, 1.807) is 4.90 Å². The monoisotopic (exact) mass is 402 g/mol. The van der Waals surface area contributed by atoms with Crippen molar-refractivity contribution >= 4 is 41.7 Å². The lowest BCUT2D eigenvalue weighted by Gasteiger charge is -2.38. The summed E-state index contributed by atoms with van der Waals surface area (Å²) in [5.41, 5.74) is 10.8. The zero-order valence-corrected chi connectivity index (χ0v) is 16.1. The molecule has 1 aromatic carbocycles. The van der Waals surface area contributed by atoms with Crippen molar-refractivity contribution in [1.29, 1.82) is 0 Å². The average molecular weight is 403 g/mol. The van der Waals surface area contributed by atoms with E-state index in [9.17, 15) is 19.7 Å². The largest absolute Gasteiger partial charge is 0.366 e. The number of hydrogen-bond acceptors (Lipinski definition) is 6. The molecule has 1 aliphatic heterocycles. The van der Waals surface area contributed by atoms with Crippen molar-refractivity contribution < 1.29 is 14.5 Å². The average Bonchev–Trinajstić information content (AvgIpc) is 2.59. The lowest BCUT2D eigenvalue weighted by atomic mass is 9.92. The molecule has 26 heavy (non-hydrogen) atoms. The molecule has 1 saturated heterocycles. The predicted molar refractivity (Wildman–Crippen MR) is 103 cm³/mol. The van der Waals surface area contributed by atoms with Gasteiger partial charge in [0.1, 0.15) is 0 Å². The number of rotatable bonds is 6. The first-order valence-electron chi connectivity index (χ1n) is 8.04. The van der Waals surface area contributed by atoms with E-state index in [1.807, 2.05) is 0 Å². The first kappa shape index (κ1) is 22.2. The lowest BCUT2D eigenvalue weighted by Crippen LogP contribution is -2.49. The molecule has 2 amide bonds. The second kappa shape index (κ2) is 9.75. The van der Waals surface area contributed by atoms with Gasteiger partial charge in [-0.05, 0) is 30.9 Å². The summed E-state index contributed by atoms with van der Waals surface area (Å²) < 4.78 is 0. The van der Waals surface area contributed by atoms with Gasteiger partial charge in [-0.15, -0.1) is 24.2 Å². The number of benzene rings is 1. The third kappa shape index (κ3) is 5.33. The molecule has 0 aliphatic carbocycles. The summed E-state index contributed by atoms with van der Waals surface area (Å²) in [6.45, 7) is 3.21. The second-order valence-electron chi connectivity index (χ2n) is 6.20. The van der Waals surface area contributed by atoms with Crippen LogP contribution in [0.2, 0.25) is 0 Å². The first-order valence-corrected chi connectivity index (χ1v) is 9.02. The molecule has 2 unspecified atom stereocenters. The van der Waals surface area contributed by atoms with Crippen molar-refractivity contribution in [3.63, 3.8) is 0 Å². The number of nitro benzene ring substituents is 1. The van der Waals surface area contributed by atoms with Gasteiger partial charge < -0.3 is 16.4 Å². The van der Waals surface area contributed by atoms with Crippen molar-refractivity contribution in [1.82, 2.24) is 4.90 Å². The highest BCUT2D eigenvalue weighted by molar-refractivity contribution is 8.00. The highest BCUT2D eigenvalue weighted by Crippen LogP contribution is 2.31. The van der Waals surface area contributed by atoms with Crippen LogP contribution < -0.4 is 11.5 Å². The van der Waals surface area contributed by atoms with Crippen molar-refractivity contribution in [2.45, 2.75) is 30.7 Å². The first-order chi connectivity index (χ1) is 11.8. The zero-order chi connectivity index (χ0) is 18.6. The van der Waals surface area contributed by atoms with Gasteiger partial charge in [0.05, 0.1) is 15.6 Å². The molecule has 2 rings (SSSR count). The molecule has 0 aromatic heterocycles. The quantitative estimate of drug-likeness (QED) is 0.423. The third-order valence-corrected chi connectivity index (χ3v) is 5.41. The number of hydrogen-bond donors (Lipinski definition) is 2. The SMILES string of the molecule is CC1CCN(C(=O)CSc2ccc(C(N)=O)cc2[N+](=O)[O-])C(CN)C1.Cl. The number of carbonyl (C=O) groups is 2. The summed E-state index contributed by atoms with van der Waals surface area (Å²) in [5, 5.41) is 11.2. The maximum atomic E-state index is 12.5. The van der Waals surface area contributed by atoms with Crippen LogP contribution >= 0.6 is 24.2 Å². The van der Waals surface area contributed by atoms with Crippen LogP contribution in [0.4, 0.5) is 5.69 Å². The highest BCUT2D eigenvalue weighted by atomic mass is 35.5. The number of likely N-dealkylation sites (tertiary alicyclic amines) is 1. The summed E-state index contributed by atoms with van der Waals surface area (Å²) in [6.07, 6.45) is 1.81. The molecule has 2 atom stereocenters. The standard InChI is InChI=1S/C16H22N4O4S.ClH/c1-10-4-5-19(12(6-10)8-17)15(21)9-25-14-3-2-11(16(18)22)7-13(14)20(23)24;/h2-3,7,10,12H,4-6,8-9,17H2,1H3,(H2,18,22);1H. The van der Waals surface area contributed by atoms with Gasteiger partial charge in [-0.25, -0.2) is 0 Å². The summed E-state index contributed by atoms with van der Waals surface area (Å²) >= 11 is 1.09. The van der Waals surface area contributed by atoms with Crippen molar-refractivity contribution in [3.05, 3.63) is 33.9 Å². The molecule has 0 bridgehead atoms. The molecular weight excluding hydrogens is 380 g/mol. The molecule has 1 fully saturated rings. The molecule has 4 N–H and O–H groups in total. The number of piperidine rings is 1. The fraction of sp³-hybridized carbons (Fsp3) is 0.500. The number of thioether (sulfide) groups is 1. The number of amides is 2. The molecule has 10 heteroatoms. The minimum atomic E-state index is -0.732. The zero-order valence-electron chi connectivity index (χ0n) is 14.4. The van der Waals surface area contributed by atoms with Crippen LogP contribution in [0.15, 0.2) is 23.1 Å². The smallest absolute Gasteiger partial charge is 0.283 e. The van der Waals surface area contributed by atoms with Gasteiger partial charge in [0.15, 0.2) is 0 Å². The van der Waals surface area contributed by atoms with E-state index in [0.29, 0.717) is 23.9 Å². The number of carbonyl (C=O) groups excluding carboxylic acids is 2. The van der Waals surface area contributed by atoms with E-state index in [1.165, 1.54) is 12.1 Å². The molecular formula is C16H23ClN4O4S. The van der Waals surface area contributed by atoms with Gasteiger partial charge in [0.25, 0.3) is 5.69 Å². The predicted octanol–water partition coefficient (Wildman–Crippen LogP) is 1.79. The van der Waals surface area contributed by atoms with Crippen LogP contribution in [0.25, 0.3) is 0 Å². The van der Waals surface area contributed by atoms with Crippen LogP contribution in [0.3, 0.4) is 0 Å². The number of nitrogens with two attached hydrogens (primary N) is 2. The van der Waals surface area contributed by atoms with Gasteiger partial charge in [0.2, 0.25) is 11.8 Å². The molecule has 1 aliphatic rings. The molecule has 0 saturated carbocycles. The van der Waals surface area contributed by atoms with Crippen LogP contribution in [0, 0.1) is 16.0 Å². The van der Waals surface area contributed by atoms with Crippen molar-refractivity contribution in [2.75, 3.05) is 18.8 Å². The summed E-state index contributed by atoms with van der Waals surface area (Å²) in [7, 11) is 0. The third-order valence-electron chi connectivity index (χ3n) is 4.36. The van der Waals surface area contributed by atoms with Crippen LogP contribution in [-0.4, -0.2) is 46.5 Å². The van der Waals surface area contributed by atoms with Crippen LogP contribution in [-0.2, 0) is 4.79 Å². The van der Waals surface area contributed by atoms with Gasteiger partial charge in [0, 0.05) is 30.8 Å². The molecule has 144 valence electrons. The maximum Gasteiger partial charge on any atom is 0.283 e. The minimum absolute atomic E-state index is 0. The lowest BCUT2D eigenvalue weighted by molar-refractivity contribution is -0.387.